The van der Waals surface area contributed by atoms with E-state index in [-0.39, 0.29) is 5.91 Å². The summed E-state index contributed by atoms with van der Waals surface area (Å²) in [5, 5.41) is 0. The Bertz CT molecular complexity index is 313. The lowest BCUT2D eigenvalue weighted by Gasteiger charge is -2.22. The molecule has 0 radical (unpaired) electrons. The van der Waals surface area contributed by atoms with Crippen LogP contribution in [0.25, 0.3) is 0 Å². The predicted octanol–water partition coefficient (Wildman–Crippen LogP) is 3.67. The number of unbranched alkanes of at least 4 members (excludes halogenated alkanes) is 1. The third-order valence-corrected chi connectivity index (χ3v) is 2.45. The Morgan fingerprint density at radius 3 is 2.25 bits per heavy atom. The second-order valence-corrected chi connectivity index (χ2v) is 3.98. The van der Waals surface area contributed by atoms with E-state index in [0.29, 0.717) is 5.57 Å². The van der Waals surface area contributed by atoms with E-state index in [2.05, 4.69) is 26.2 Å². The molecule has 0 heterocycles. The molecule has 0 aliphatic carbocycles. The van der Waals surface area contributed by atoms with Crippen LogP contribution in [-0.4, -0.2) is 17.9 Å². The Hall–Kier alpha value is -1.31. The minimum absolute atomic E-state index is 0.0445. The maximum atomic E-state index is 11.8. The molecule has 1 amide bonds. The molecule has 0 fully saturated rings. The molecule has 0 spiro atoms. The van der Waals surface area contributed by atoms with Gasteiger partial charge in [-0.05, 0) is 25.3 Å². The van der Waals surface area contributed by atoms with Gasteiger partial charge in [-0.2, -0.15) is 0 Å². The molecule has 0 aromatic carbocycles. The molecule has 0 N–H and O–H groups in total. The molecule has 16 heavy (non-hydrogen) atoms. The van der Waals surface area contributed by atoms with Crippen LogP contribution in [0.1, 0.15) is 40.0 Å². The summed E-state index contributed by atoms with van der Waals surface area (Å²) in [7, 11) is 1.78. The molecule has 0 rings (SSSR count). The number of amides is 1. The highest BCUT2D eigenvalue weighted by atomic mass is 16.2. The van der Waals surface area contributed by atoms with Gasteiger partial charge in [0.2, 0.25) is 0 Å². The standard InChI is InChI=1S/C14H23NO/c1-7-9-10-13(12(5)8-2)15(6)14(16)11(3)4/h10H,3,5,7-9H2,1-2,4,6H3/b13-10-. The molecule has 90 valence electrons. The van der Waals surface area contributed by atoms with E-state index in [1.165, 1.54) is 0 Å². The maximum absolute atomic E-state index is 11.8. The van der Waals surface area contributed by atoms with Crippen molar-refractivity contribution in [3.63, 3.8) is 0 Å². The van der Waals surface area contributed by atoms with Gasteiger partial charge < -0.3 is 4.90 Å². The zero-order chi connectivity index (χ0) is 12.7. The SMILES string of the molecule is C=C(C)C(=O)N(C)/C(=C\CCC)C(=C)CC. The summed E-state index contributed by atoms with van der Waals surface area (Å²) in [6.45, 7) is 13.6. The van der Waals surface area contributed by atoms with E-state index < -0.39 is 0 Å². The number of likely N-dealkylation sites (N-methyl/N-ethyl adjacent to an activating group) is 1. The Balaban J connectivity index is 4.97. The lowest BCUT2D eigenvalue weighted by atomic mass is 10.1. The molecule has 0 atom stereocenters. The van der Waals surface area contributed by atoms with Crippen LogP contribution in [0.4, 0.5) is 0 Å². The number of rotatable bonds is 6. The van der Waals surface area contributed by atoms with E-state index in [1.807, 2.05) is 6.92 Å². The van der Waals surface area contributed by atoms with Crippen molar-refractivity contribution in [2.24, 2.45) is 0 Å². The van der Waals surface area contributed by atoms with Crippen LogP contribution >= 0.6 is 0 Å². The summed E-state index contributed by atoms with van der Waals surface area (Å²) in [4.78, 5) is 13.5. The summed E-state index contributed by atoms with van der Waals surface area (Å²) < 4.78 is 0. The molecule has 2 nitrogen and oxygen atoms in total. The van der Waals surface area contributed by atoms with Crippen LogP contribution in [0.15, 0.2) is 36.1 Å². The van der Waals surface area contributed by atoms with Crippen molar-refractivity contribution in [1.29, 1.82) is 0 Å². The highest BCUT2D eigenvalue weighted by Gasteiger charge is 2.14. The van der Waals surface area contributed by atoms with Crippen molar-refractivity contribution in [2.75, 3.05) is 7.05 Å². The van der Waals surface area contributed by atoms with E-state index in [9.17, 15) is 4.79 Å². The summed E-state index contributed by atoms with van der Waals surface area (Å²) in [6.07, 6.45) is 4.95. The van der Waals surface area contributed by atoms with Crippen LogP contribution in [0.3, 0.4) is 0 Å². The fourth-order valence-electron chi connectivity index (χ4n) is 1.38. The second-order valence-electron chi connectivity index (χ2n) is 3.98. The molecule has 0 aromatic heterocycles. The molecule has 0 saturated carbocycles. The fraction of sp³-hybridized carbons (Fsp3) is 0.500. The smallest absolute Gasteiger partial charge is 0.253 e. The number of hydrogen-bond acceptors (Lipinski definition) is 1. The van der Waals surface area contributed by atoms with Crippen molar-refractivity contribution in [3.05, 3.63) is 36.1 Å². The van der Waals surface area contributed by atoms with E-state index >= 15 is 0 Å². The topological polar surface area (TPSA) is 20.3 Å². The van der Waals surface area contributed by atoms with Gasteiger partial charge in [0.15, 0.2) is 0 Å². The van der Waals surface area contributed by atoms with Crippen molar-refractivity contribution in [2.45, 2.75) is 40.0 Å². The number of allylic oxidation sites excluding steroid dienone is 2. The molecule has 2 heteroatoms. The lowest BCUT2D eigenvalue weighted by Crippen LogP contribution is -2.27. The summed E-state index contributed by atoms with van der Waals surface area (Å²) in [6, 6.07) is 0. The van der Waals surface area contributed by atoms with Gasteiger partial charge in [-0.1, -0.05) is 39.5 Å². The lowest BCUT2D eigenvalue weighted by molar-refractivity contribution is -0.124. The third kappa shape index (κ3) is 4.05. The fourth-order valence-corrected chi connectivity index (χ4v) is 1.38. The van der Waals surface area contributed by atoms with Gasteiger partial charge in [0.1, 0.15) is 0 Å². The first-order chi connectivity index (χ1) is 7.45. The zero-order valence-corrected chi connectivity index (χ0v) is 11.0. The average molecular weight is 221 g/mol. The van der Waals surface area contributed by atoms with E-state index in [0.717, 1.165) is 30.5 Å². The summed E-state index contributed by atoms with van der Waals surface area (Å²) in [5.41, 5.74) is 2.47. The van der Waals surface area contributed by atoms with Gasteiger partial charge in [0.05, 0.1) is 0 Å². The number of carbonyl (C=O) groups is 1. The molecule has 0 aromatic rings. The Morgan fingerprint density at radius 2 is 1.88 bits per heavy atom. The van der Waals surface area contributed by atoms with Crippen molar-refractivity contribution < 1.29 is 4.79 Å². The van der Waals surface area contributed by atoms with E-state index in [4.69, 9.17) is 0 Å². The first-order valence-corrected chi connectivity index (χ1v) is 5.77. The van der Waals surface area contributed by atoms with Crippen LogP contribution in [0, 0.1) is 0 Å². The highest BCUT2D eigenvalue weighted by molar-refractivity contribution is 5.93. The first-order valence-electron chi connectivity index (χ1n) is 5.77. The molecule has 0 saturated heterocycles. The highest BCUT2D eigenvalue weighted by Crippen LogP contribution is 2.18. The summed E-state index contributed by atoms with van der Waals surface area (Å²) in [5.74, 6) is -0.0445. The Labute approximate surface area is 99.3 Å². The second kappa shape index (κ2) is 7.04. The normalized spacial score (nSPS) is 11.1. The third-order valence-electron chi connectivity index (χ3n) is 2.45. The van der Waals surface area contributed by atoms with Gasteiger partial charge >= 0.3 is 0 Å². The predicted molar refractivity (Wildman–Crippen MR) is 70.0 cm³/mol. The maximum Gasteiger partial charge on any atom is 0.253 e. The zero-order valence-electron chi connectivity index (χ0n) is 11.0. The average Bonchev–Trinajstić information content (AvgIpc) is 2.27. The number of nitrogens with zero attached hydrogens (tertiary/aromatic N) is 1. The molecule has 0 unspecified atom stereocenters. The van der Waals surface area contributed by atoms with Crippen molar-refractivity contribution in [3.8, 4) is 0 Å². The molecule has 0 aliphatic heterocycles. The number of hydrogen-bond donors (Lipinski definition) is 0. The van der Waals surface area contributed by atoms with Gasteiger partial charge in [-0.25, -0.2) is 0 Å². The largest absolute Gasteiger partial charge is 0.312 e. The van der Waals surface area contributed by atoms with Crippen LogP contribution < -0.4 is 0 Å². The minimum Gasteiger partial charge on any atom is -0.312 e. The Morgan fingerprint density at radius 1 is 1.31 bits per heavy atom. The van der Waals surface area contributed by atoms with Gasteiger partial charge in [0, 0.05) is 18.3 Å². The first kappa shape index (κ1) is 14.7. The molecule has 0 bridgehead atoms. The summed E-state index contributed by atoms with van der Waals surface area (Å²) >= 11 is 0. The van der Waals surface area contributed by atoms with Crippen LogP contribution in [0.5, 0.6) is 0 Å². The molecular weight excluding hydrogens is 198 g/mol. The number of carbonyl (C=O) groups excluding carboxylic acids is 1. The van der Waals surface area contributed by atoms with Gasteiger partial charge in [-0.3, -0.25) is 4.79 Å². The molecule has 0 aliphatic rings. The van der Waals surface area contributed by atoms with Crippen molar-refractivity contribution in [1.82, 2.24) is 4.90 Å². The molecular formula is C14H23NO. The van der Waals surface area contributed by atoms with Gasteiger partial charge in [-0.15, -0.1) is 0 Å². The van der Waals surface area contributed by atoms with Crippen LogP contribution in [-0.2, 0) is 4.79 Å². The Kier molecular flexibility index (Phi) is 6.47. The quantitative estimate of drug-likeness (QED) is 0.495. The van der Waals surface area contributed by atoms with Crippen LogP contribution in [0.2, 0.25) is 0 Å². The van der Waals surface area contributed by atoms with Gasteiger partial charge in [0.25, 0.3) is 5.91 Å². The van der Waals surface area contributed by atoms with Crippen molar-refractivity contribution >= 4 is 5.91 Å². The monoisotopic (exact) mass is 221 g/mol. The van der Waals surface area contributed by atoms with E-state index in [1.54, 1.807) is 18.9 Å². The minimum atomic E-state index is -0.0445.